The third-order valence-corrected chi connectivity index (χ3v) is 2.42. The highest BCUT2D eigenvalue weighted by Crippen LogP contribution is 1.98. The Hall–Kier alpha value is -0.870. The lowest BCUT2D eigenvalue weighted by Crippen LogP contribution is -2.49. The summed E-state index contributed by atoms with van der Waals surface area (Å²) in [6, 6.07) is 0. The molecule has 14 heavy (non-hydrogen) atoms. The second-order valence-electron chi connectivity index (χ2n) is 3.60. The van der Waals surface area contributed by atoms with Crippen LogP contribution in [-0.2, 0) is 4.79 Å². The SMILES string of the molecule is C=CCNCC(=O)N1CCN(C)CC1. The second-order valence-corrected chi connectivity index (χ2v) is 3.60. The van der Waals surface area contributed by atoms with E-state index in [0.717, 1.165) is 26.2 Å². The summed E-state index contributed by atoms with van der Waals surface area (Å²) in [5, 5.41) is 3.02. The van der Waals surface area contributed by atoms with E-state index in [0.29, 0.717) is 13.1 Å². The molecule has 0 aromatic rings. The molecule has 1 fully saturated rings. The van der Waals surface area contributed by atoms with Crippen LogP contribution < -0.4 is 5.32 Å². The van der Waals surface area contributed by atoms with Gasteiger partial charge in [-0.25, -0.2) is 0 Å². The molecule has 1 aliphatic rings. The van der Waals surface area contributed by atoms with Crippen molar-refractivity contribution in [3.8, 4) is 0 Å². The van der Waals surface area contributed by atoms with Crippen molar-refractivity contribution in [3.05, 3.63) is 12.7 Å². The van der Waals surface area contributed by atoms with Gasteiger partial charge < -0.3 is 15.1 Å². The molecule has 0 radical (unpaired) electrons. The predicted octanol–water partition coefficient (Wildman–Crippen LogP) is -0.464. The maximum absolute atomic E-state index is 11.6. The molecule has 80 valence electrons. The molecule has 1 aliphatic heterocycles. The Balaban J connectivity index is 2.20. The van der Waals surface area contributed by atoms with Gasteiger partial charge in [0, 0.05) is 32.7 Å². The number of hydrogen-bond acceptors (Lipinski definition) is 3. The highest BCUT2D eigenvalue weighted by Gasteiger charge is 2.17. The fraction of sp³-hybridized carbons (Fsp3) is 0.700. The average molecular weight is 197 g/mol. The average Bonchev–Trinajstić information content (AvgIpc) is 2.19. The lowest BCUT2D eigenvalue weighted by molar-refractivity contribution is -0.131. The number of hydrogen-bond donors (Lipinski definition) is 1. The van der Waals surface area contributed by atoms with Gasteiger partial charge in [-0.05, 0) is 7.05 Å². The Labute approximate surface area is 85.6 Å². The molecule has 0 bridgehead atoms. The molecule has 1 saturated heterocycles. The molecule has 0 saturated carbocycles. The van der Waals surface area contributed by atoms with Gasteiger partial charge in [0.15, 0.2) is 0 Å². The van der Waals surface area contributed by atoms with Gasteiger partial charge >= 0.3 is 0 Å². The summed E-state index contributed by atoms with van der Waals surface area (Å²) in [5.74, 6) is 0.194. The van der Waals surface area contributed by atoms with Gasteiger partial charge in [-0.3, -0.25) is 4.79 Å². The first-order valence-electron chi connectivity index (χ1n) is 5.02. The van der Waals surface area contributed by atoms with Gasteiger partial charge in [-0.15, -0.1) is 6.58 Å². The molecular formula is C10H19N3O. The summed E-state index contributed by atoms with van der Waals surface area (Å²) < 4.78 is 0. The Morgan fingerprint density at radius 2 is 2.07 bits per heavy atom. The van der Waals surface area contributed by atoms with Crippen LogP contribution in [0, 0.1) is 0 Å². The lowest BCUT2D eigenvalue weighted by Gasteiger charge is -2.32. The highest BCUT2D eigenvalue weighted by atomic mass is 16.2. The van der Waals surface area contributed by atoms with Gasteiger partial charge in [0.1, 0.15) is 0 Å². The standard InChI is InChI=1S/C10H19N3O/c1-3-4-11-9-10(14)13-7-5-12(2)6-8-13/h3,11H,1,4-9H2,2H3. The third kappa shape index (κ3) is 3.47. The van der Waals surface area contributed by atoms with E-state index < -0.39 is 0 Å². The van der Waals surface area contributed by atoms with Crippen LogP contribution in [0.1, 0.15) is 0 Å². The molecule has 0 atom stereocenters. The summed E-state index contributed by atoms with van der Waals surface area (Å²) >= 11 is 0. The van der Waals surface area contributed by atoms with Crippen LogP contribution in [0.25, 0.3) is 0 Å². The summed E-state index contributed by atoms with van der Waals surface area (Å²) in [6.07, 6.45) is 1.76. The second kappa shape index (κ2) is 5.78. The Morgan fingerprint density at radius 3 is 2.64 bits per heavy atom. The van der Waals surface area contributed by atoms with Crippen molar-refractivity contribution in [1.82, 2.24) is 15.1 Å². The maximum Gasteiger partial charge on any atom is 0.236 e. The van der Waals surface area contributed by atoms with Crippen molar-refractivity contribution < 1.29 is 4.79 Å². The molecule has 1 amide bonds. The number of piperazine rings is 1. The van der Waals surface area contributed by atoms with Crippen LogP contribution in [0.5, 0.6) is 0 Å². The van der Waals surface area contributed by atoms with Gasteiger partial charge in [-0.1, -0.05) is 6.08 Å². The number of nitrogens with zero attached hydrogens (tertiary/aromatic N) is 2. The van der Waals surface area contributed by atoms with E-state index in [-0.39, 0.29) is 5.91 Å². The van der Waals surface area contributed by atoms with E-state index >= 15 is 0 Å². The Bertz CT molecular complexity index is 198. The number of amides is 1. The molecule has 0 aromatic heterocycles. The van der Waals surface area contributed by atoms with Gasteiger partial charge in [-0.2, -0.15) is 0 Å². The first kappa shape index (κ1) is 11.2. The fourth-order valence-electron chi connectivity index (χ4n) is 1.45. The monoisotopic (exact) mass is 197 g/mol. The van der Waals surface area contributed by atoms with Crippen molar-refractivity contribution >= 4 is 5.91 Å². The molecule has 4 nitrogen and oxygen atoms in total. The number of nitrogens with one attached hydrogen (secondary N) is 1. The largest absolute Gasteiger partial charge is 0.339 e. The van der Waals surface area contributed by atoms with Crippen molar-refractivity contribution in [1.29, 1.82) is 0 Å². The molecule has 0 spiro atoms. The van der Waals surface area contributed by atoms with Crippen LogP contribution in [0.3, 0.4) is 0 Å². The quantitative estimate of drug-likeness (QED) is 0.489. The van der Waals surface area contributed by atoms with Gasteiger partial charge in [0.25, 0.3) is 0 Å². The molecule has 4 heteroatoms. The van der Waals surface area contributed by atoms with Crippen LogP contribution in [0.15, 0.2) is 12.7 Å². The zero-order valence-corrected chi connectivity index (χ0v) is 8.83. The predicted molar refractivity (Wildman–Crippen MR) is 57.1 cm³/mol. The summed E-state index contributed by atoms with van der Waals surface area (Å²) in [4.78, 5) is 15.7. The minimum absolute atomic E-state index is 0.194. The molecule has 0 aliphatic carbocycles. The van der Waals surface area contributed by atoms with Crippen LogP contribution in [-0.4, -0.2) is 62.0 Å². The number of carbonyl (C=O) groups excluding carboxylic acids is 1. The van der Waals surface area contributed by atoms with Crippen LogP contribution in [0.4, 0.5) is 0 Å². The van der Waals surface area contributed by atoms with E-state index in [4.69, 9.17) is 0 Å². The maximum atomic E-state index is 11.6. The van der Waals surface area contributed by atoms with Crippen molar-refractivity contribution in [3.63, 3.8) is 0 Å². The molecule has 0 unspecified atom stereocenters. The topological polar surface area (TPSA) is 35.6 Å². The summed E-state index contributed by atoms with van der Waals surface area (Å²) in [7, 11) is 2.08. The molecule has 1 rings (SSSR count). The minimum atomic E-state index is 0.194. The van der Waals surface area contributed by atoms with Gasteiger partial charge in [0.2, 0.25) is 5.91 Å². The zero-order chi connectivity index (χ0) is 10.4. The van der Waals surface area contributed by atoms with E-state index in [9.17, 15) is 4.79 Å². The summed E-state index contributed by atoms with van der Waals surface area (Å²) in [5.41, 5.74) is 0. The minimum Gasteiger partial charge on any atom is -0.339 e. The number of rotatable bonds is 4. The first-order chi connectivity index (χ1) is 6.74. The molecule has 0 aromatic carbocycles. The van der Waals surface area contributed by atoms with Crippen molar-refractivity contribution in [2.75, 3.05) is 46.3 Å². The Morgan fingerprint density at radius 1 is 1.43 bits per heavy atom. The van der Waals surface area contributed by atoms with Crippen molar-refractivity contribution in [2.24, 2.45) is 0 Å². The number of likely N-dealkylation sites (N-methyl/N-ethyl adjacent to an activating group) is 1. The third-order valence-electron chi connectivity index (χ3n) is 2.42. The number of carbonyl (C=O) groups is 1. The fourth-order valence-corrected chi connectivity index (χ4v) is 1.45. The van der Waals surface area contributed by atoms with Crippen LogP contribution in [0.2, 0.25) is 0 Å². The lowest BCUT2D eigenvalue weighted by atomic mass is 10.3. The van der Waals surface area contributed by atoms with Crippen LogP contribution >= 0.6 is 0 Å². The molecular weight excluding hydrogens is 178 g/mol. The van der Waals surface area contributed by atoms with Crippen molar-refractivity contribution in [2.45, 2.75) is 0 Å². The van der Waals surface area contributed by atoms with E-state index in [2.05, 4.69) is 23.8 Å². The van der Waals surface area contributed by atoms with E-state index in [1.807, 2.05) is 4.90 Å². The smallest absolute Gasteiger partial charge is 0.236 e. The first-order valence-corrected chi connectivity index (χ1v) is 5.02. The summed E-state index contributed by atoms with van der Waals surface area (Å²) in [6.45, 7) is 8.37. The highest BCUT2D eigenvalue weighted by molar-refractivity contribution is 5.78. The zero-order valence-electron chi connectivity index (χ0n) is 8.83. The normalized spacial score (nSPS) is 18.2. The Kier molecular flexibility index (Phi) is 4.62. The molecule has 1 N–H and O–H groups in total. The van der Waals surface area contributed by atoms with Gasteiger partial charge in [0.05, 0.1) is 6.54 Å². The molecule has 1 heterocycles. The van der Waals surface area contributed by atoms with E-state index in [1.54, 1.807) is 6.08 Å². The van der Waals surface area contributed by atoms with E-state index in [1.165, 1.54) is 0 Å².